The number of nitrogens with one attached hydrogen (secondary N) is 1. The van der Waals surface area contributed by atoms with E-state index in [0.29, 0.717) is 0 Å². The van der Waals surface area contributed by atoms with Crippen molar-refractivity contribution in [3.8, 4) is 0 Å². The summed E-state index contributed by atoms with van der Waals surface area (Å²) in [7, 11) is 1.47. The normalized spacial score (nSPS) is 17.9. The summed E-state index contributed by atoms with van der Waals surface area (Å²) in [6.45, 7) is 3.09. The molecule has 0 bridgehead atoms. The molecule has 0 saturated heterocycles. The van der Waals surface area contributed by atoms with Gasteiger partial charge >= 0.3 is 5.97 Å². The Bertz CT molecular complexity index is 225. The van der Waals surface area contributed by atoms with Gasteiger partial charge in [0.05, 0.1) is 7.11 Å². The van der Waals surface area contributed by atoms with E-state index in [2.05, 4.69) is 12.2 Å². The predicted molar refractivity (Wildman–Crippen MR) is 74.5 cm³/mol. The van der Waals surface area contributed by atoms with Crippen molar-refractivity contribution in [3.05, 3.63) is 0 Å². The number of carbonyl (C=O) groups is 1. The van der Waals surface area contributed by atoms with Crippen molar-refractivity contribution < 1.29 is 9.53 Å². The lowest BCUT2D eigenvalue weighted by atomic mass is 10.0. The standard InChI is InChI=1S/C15H29NO2/c1-3-4-11-14(15(17)18-2)16-12-7-10-13-8-5-6-9-13/h13-14,16H,3-12H2,1-2H3. The summed E-state index contributed by atoms with van der Waals surface area (Å²) in [6, 6.07) is -0.0986. The van der Waals surface area contributed by atoms with Crippen molar-refractivity contribution in [1.82, 2.24) is 5.32 Å². The Balaban J connectivity index is 2.13. The summed E-state index contributed by atoms with van der Waals surface area (Å²) < 4.78 is 4.84. The zero-order chi connectivity index (χ0) is 13.2. The molecular formula is C15H29NO2. The van der Waals surface area contributed by atoms with Gasteiger partial charge in [-0.1, -0.05) is 45.4 Å². The molecule has 1 rings (SSSR count). The maximum Gasteiger partial charge on any atom is 0.322 e. The lowest BCUT2D eigenvalue weighted by molar-refractivity contribution is -0.143. The Morgan fingerprint density at radius 1 is 1.33 bits per heavy atom. The van der Waals surface area contributed by atoms with Crippen LogP contribution in [0.4, 0.5) is 0 Å². The Hall–Kier alpha value is -0.570. The molecule has 0 heterocycles. The van der Waals surface area contributed by atoms with Crippen LogP contribution in [0.25, 0.3) is 0 Å². The van der Waals surface area contributed by atoms with Gasteiger partial charge in [-0.2, -0.15) is 0 Å². The smallest absolute Gasteiger partial charge is 0.322 e. The maximum absolute atomic E-state index is 11.6. The third kappa shape index (κ3) is 5.85. The summed E-state index contributed by atoms with van der Waals surface area (Å²) in [5.41, 5.74) is 0. The minimum Gasteiger partial charge on any atom is -0.468 e. The highest BCUT2D eigenvalue weighted by molar-refractivity contribution is 5.75. The molecule has 0 amide bonds. The molecule has 1 unspecified atom stereocenters. The van der Waals surface area contributed by atoms with Crippen molar-refractivity contribution in [1.29, 1.82) is 0 Å². The molecule has 106 valence electrons. The fourth-order valence-corrected chi connectivity index (χ4v) is 2.82. The fraction of sp³-hybridized carbons (Fsp3) is 0.933. The van der Waals surface area contributed by atoms with Gasteiger partial charge in [0.2, 0.25) is 0 Å². The van der Waals surface area contributed by atoms with Crippen LogP contribution in [-0.2, 0) is 9.53 Å². The monoisotopic (exact) mass is 255 g/mol. The second kappa shape index (κ2) is 9.37. The quantitative estimate of drug-likeness (QED) is 0.507. The Morgan fingerprint density at radius 3 is 2.67 bits per heavy atom. The Kier molecular flexibility index (Phi) is 8.06. The maximum atomic E-state index is 11.6. The molecule has 1 aliphatic carbocycles. The first-order chi connectivity index (χ1) is 8.77. The molecule has 1 N–H and O–H groups in total. The highest BCUT2D eigenvalue weighted by Gasteiger charge is 2.18. The molecule has 3 nitrogen and oxygen atoms in total. The first-order valence-corrected chi connectivity index (χ1v) is 7.59. The van der Waals surface area contributed by atoms with E-state index in [1.807, 2.05) is 0 Å². The lowest BCUT2D eigenvalue weighted by Gasteiger charge is -2.16. The summed E-state index contributed by atoms with van der Waals surface area (Å²) in [5.74, 6) is 0.836. The molecule has 1 saturated carbocycles. The van der Waals surface area contributed by atoms with Crippen molar-refractivity contribution in [2.24, 2.45) is 5.92 Å². The molecular weight excluding hydrogens is 226 g/mol. The number of unbranched alkanes of at least 4 members (excludes halogenated alkanes) is 1. The minimum atomic E-state index is -0.107. The number of methoxy groups -OCH3 is 1. The van der Waals surface area contributed by atoms with Crippen LogP contribution in [0.2, 0.25) is 0 Å². The van der Waals surface area contributed by atoms with Crippen LogP contribution < -0.4 is 5.32 Å². The van der Waals surface area contributed by atoms with Gasteiger partial charge in [0.1, 0.15) is 6.04 Å². The zero-order valence-electron chi connectivity index (χ0n) is 12.0. The predicted octanol–water partition coefficient (Wildman–Crippen LogP) is 3.28. The van der Waals surface area contributed by atoms with E-state index in [1.165, 1.54) is 45.6 Å². The molecule has 1 atom stereocenters. The summed E-state index contributed by atoms with van der Waals surface area (Å²) >= 11 is 0. The van der Waals surface area contributed by atoms with E-state index >= 15 is 0 Å². The van der Waals surface area contributed by atoms with E-state index in [1.54, 1.807) is 0 Å². The van der Waals surface area contributed by atoms with E-state index in [9.17, 15) is 4.79 Å². The SMILES string of the molecule is CCCCC(NCCCC1CCCC1)C(=O)OC. The number of hydrogen-bond donors (Lipinski definition) is 1. The Labute approximate surface area is 112 Å². The van der Waals surface area contributed by atoms with Crippen LogP contribution in [-0.4, -0.2) is 25.7 Å². The molecule has 0 aromatic carbocycles. The molecule has 0 aromatic heterocycles. The third-order valence-electron chi connectivity index (χ3n) is 3.99. The van der Waals surface area contributed by atoms with Crippen LogP contribution >= 0.6 is 0 Å². The molecule has 0 aromatic rings. The summed E-state index contributed by atoms with van der Waals surface area (Å²) in [4.78, 5) is 11.6. The average molecular weight is 255 g/mol. The zero-order valence-corrected chi connectivity index (χ0v) is 12.0. The average Bonchev–Trinajstić information content (AvgIpc) is 2.90. The van der Waals surface area contributed by atoms with Crippen molar-refractivity contribution in [3.63, 3.8) is 0 Å². The molecule has 0 radical (unpaired) electrons. The first-order valence-electron chi connectivity index (χ1n) is 7.59. The van der Waals surface area contributed by atoms with Crippen LogP contribution in [0.5, 0.6) is 0 Å². The van der Waals surface area contributed by atoms with Crippen LogP contribution in [0.3, 0.4) is 0 Å². The van der Waals surface area contributed by atoms with Crippen molar-refractivity contribution in [2.75, 3.05) is 13.7 Å². The number of hydrogen-bond acceptors (Lipinski definition) is 3. The minimum absolute atomic E-state index is 0.0986. The first kappa shape index (κ1) is 15.5. The highest BCUT2D eigenvalue weighted by atomic mass is 16.5. The number of carbonyl (C=O) groups excluding carboxylic acids is 1. The summed E-state index contributed by atoms with van der Waals surface area (Å²) in [6.07, 6.45) is 11.3. The van der Waals surface area contributed by atoms with E-state index < -0.39 is 0 Å². The third-order valence-corrected chi connectivity index (χ3v) is 3.99. The van der Waals surface area contributed by atoms with Gasteiger partial charge in [0, 0.05) is 0 Å². The second-order valence-corrected chi connectivity index (χ2v) is 5.46. The fourth-order valence-electron chi connectivity index (χ4n) is 2.82. The van der Waals surface area contributed by atoms with Crippen LogP contribution in [0.1, 0.15) is 64.7 Å². The van der Waals surface area contributed by atoms with Gasteiger partial charge in [0.25, 0.3) is 0 Å². The van der Waals surface area contributed by atoms with Gasteiger partial charge < -0.3 is 10.1 Å². The molecule has 1 fully saturated rings. The molecule has 3 heteroatoms. The van der Waals surface area contributed by atoms with Gasteiger partial charge in [-0.15, -0.1) is 0 Å². The number of esters is 1. The lowest BCUT2D eigenvalue weighted by Crippen LogP contribution is -2.38. The van der Waals surface area contributed by atoms with Gasteiger partial charge in [-0.05, 0) is 31.7 Å². The van der Waals surface area contributed by atoms with Gasteiger partial charge in [0.15, 0.2) is 0 Å². The van der Waals surface area contributed by atoms with Crippen LogP contribution in [0.15, 0.2) is 0 Å². The van der Waals surface area contributed by atoms with Gasteiger partial charge in [-0.25, -0.2) is 0 Å². The summed E-state index contributed by atoms with van der Waals surface area (Å²) in [5, 5.41) is 3.35. The molecule has 0 aliphatic heterocycles. The van der Waals surface area contributed by atoms with Crippen molar-refractivity contribution in [2.45, 2.75) is 70.8 Å². The second-order valence-electron chi connectivity index (χ2n) is 5.46. The molecule has 1 aliphatic rings. The van der Waals surface area contributed by atoms with E-state index in [0.717, 1.165) is 31.7 Å². The van der Waals surface area contributed by atoms with E-state index in [-0.39, 0.29) is 12.0 Å². The molecule has 0 spiro atoms. The topological polar surface area (TPSA) is 38.3 Å². The Morgan fingerprint density at radius 2 is 2.06 bits per heavy atom. The van der Waals surface area contributed by atoms with Gasteiger partial charge in [-0.3, -0.25) is 4.79 Å². The van der Waals surface area contributed by atoms with Crippen LogP contribution in [0, 0.1) is 5.92 Å². The number of rotatable bonds is 9. The largest absolute Gasteiger partial charge is 0.468 e. The van der Waals surface area contributed by atoms with E-state index in [4.69, 9.17) is 4.74 Å². The number of ether oxygens (including phenoxy) is 1. The highest BCUT2D eigenvalue weighted by Crippen LogP contribution is 2.28. The van der Waals surface area contributed by atoms with Crippen molar-refractivity contribution >= 4 is 5.97 Å². The molecule has 18 heavy (non-hydrogen) atoms.